The number of nitrogens with zero attached hydrogens (tertiary/aromatic N) is 2. The van der Waals surface area contributed by atoms with Crippen molar-refractivity contribution in [2.24, 2.45) is 5.10 Å². The van der Waals surface area contributed by atoms with Gasteiger partial charge in [0.2, 0.25) is 5.91 Å². The Morgan fingerprint density at radius 1 is 1.00 bits per heavy atom. The Labute approximate surface area is 218 Å². The zero-order valence-corrected chi connectivity index (χ0v) is 20.9. The highest BCUT2D eigenvalue weighted by molar-refractivity contribution is 8.00. The smallest absolute Gasteiger partial charge is 0.269 e. The van der Waals surface area contributed by atoms with E-state index in [4.69, 9.17) is 9.47 Å². The van der Waals surface area contributed by atoms with Crippen LogP contribution in [0.25, 0.3) is 10.8 Å². The van der Waals surface area contributed by atoms with Gasteiger partial charge in [0.1, 0.15) is 6.61 Å². The van der Waals surface area contributed by atoms with Gasteiger partial charge >= 0.3 is 0 Å². The van der Waals surface area contributed by atoms with E-state index in [9.17, 15) is 14.9 Å². The summed E-state index contributed by atoms with van der Waals surface area (Å²) in [6.45, 7) is 2.44. The number of carbonyl (C=O) groups is 1. The van der Waals surface area contributed by atoms with Gasteiger partial charge in [-0.15, -0.1) is 11.8 Å². The van der Waals surface area contributed by atoms with Crippen molar-refractivity contribution in [2.45, 2.75) is 18.4 Å². The summed E-state index contributed by atoms with van der Waals surface area (Å²) in [5.41, 5.74) is 3.96. The lowest BCUT2D eigenvalue weighted by Crippen LogP contribution is -2.19. The summed E-state index contributed by atoms with van der Waals surface area (Å²) in [5, 5.41) is 17.3. The van der Waals surface area contributed by atoms with Gasteiger partial charge in [0.05, 0.1) is 23.5 Å². The molecule has 37 heavy (non-hydrogen) atoms. The molecule has 1 N–H and O–H groups in total. The van der Waals surface area contributed by atoms with E-state index in [1.165, 1.54) is 30.1 Å². The van der Waals surface area contributed by atoms with E-state index in [-0.39, 0.29) is 24.0 Å². The number of carbonyl (C=O) groups excluding carboxylic acids is 1. The zero-order valence-electron chi connectivity index (χ0n) is 20.1. The standard InChI is InChI=1S/C28H25N3O5S/c1-2-35-26-16-20(13-14-25(26)36-18-21-7-5-10-23(15-21)31(33)34)17-29-30-28(32)19-37-27-12-6-9-22-8-3-4-11-24(22)27/h3-17H,2,18-19H2,1H3,(H,30,32). The molecule has 8 nitrogen and oxygen atoms in total. The van der Waals surface area contributed by atoms with Crippen LogP contribution in [0.3, 0.4) is 0 Å². The van der Waals surface area contributed by atoms with Crippen molar-refractivity contribution in [2.75, 3.05) is 12.4 Å². The Balaban J connectivity index is 1.34. The first-order valence-electron chi connectivity index (χ1n) is 11.6. The predicted molar refractivity (Wildman–Crippen MR) is 145 cm³/mol. The monoisotopic (exact) mass is 515 g/mol. The van der Waals surface area contributed by atoms with Crippen LogP contribution in [0, 0.1) is 10.1 Å². The highest BCUT2D eigenvalue weighted by Crippen LogP contribution is 2.30. The molecule has 9 heteroatoms. The summed E-state index contributed by atoms with van der Waals surface area (Å²) in [7, 11) is 0. The Morgan fingerprint density at radius 3 is 2.65 bits per heavy atom. The van der Waals surface area contributed by atoms with Crippen molar-refractivity contribution in [1.82, 2.24) is 5.43 Å². The minimum Gasteiger partial charge on any atom is -0.490 e. The average molecular weight is 516 g/mol. The number of thioether (sulfide) groups is 1. The number of nitro groups is 1. The molecule has 0 radical (unpaired) electrons. The third kappa shape index (κ3) is 7.08. The van der Waals surface area contributed by atoms with E-state index in [2.05, 4.69) is 10.5 Å². The number of fused-ring (bicyclic) bond motifs is 1. The van der Waals surface area contributed by atoms with E-state index in [1.807, 2.05) is 49.4 Å². The topological polar surface area (TPSA) is 103 Å². The maximum Gasteiger partial charge on any atom is 0.269 e. The molecule has 188 valence electrons. The van der Waals surface area contributed by atoms with Crippen molar-refractivity contribution in [1.29, 1.82) is 0 Å². The van der Waals surface area contributed by atoms with Crippen LogP contribution in [0.4, 0.5) is 5.69 Å². The summed E-state index contributed by atoms with van der Waals surface area (Å²) < 4.78 is 11.5. The number of hydrazone groups is 1. The van der Waals surface area contributed by atoms with Crippen LogP contribution in [0.5, 0.6) is 11.5 Å². The second kappa shape index (κ2) is 12.5. The second-order valence-electron chi connectivity index (χ2n) is 7.91. The van der Waals surface area contributed by atoms with Gasteiger partial charge in [-0.1, -0.05) is 48.5 Å². The molecule has 0 unspecified atom stereocenters. The van der Waals surface area contributed by atoms with Gasteiger partial charge in [-0.3, -0.25) is 14.9 Å². The molecule has 0 fully saturated rings. The van der Waals surface area contributed by atoms with Gasteiger partial charge in [0.25, 0.3) is 5.69 Å². The first kappa shape index (κ1) is 25.7. The number of amides is 1. The lowest BCUT2D eigenvalue weighted by molar-refractivity contribution is -0.384. The van der Waals surface area contributed by atoms with Crippen LogP contribution in [0.1, 0.15) is 18.1 Å². The SMILES string of the molecule is CCOc1cc(C=NNC(=O)CSc2cccc3ccccc23)ccc1OCc1cccc([N+](=O)[O-])c1. The molecule has 0 atom stereocenters. The molecule has 0 saturated carbocycles. The van der Waals surface area contributed by atoms with Crippen molar-refractivity contribution >= 4 is 40.3 Å². The molecule has 0 aliphatic rings. The fraction of sp³-hybridized carbons (Fsp3) is 0.143. The number of hydrogen-bond acceptors (Lipinski definition) is 7. The van der Waals surface area contributed by atoms with Crippen LogP contribution in [-0.2, 0) is 11.4 Å². The predicted octanol–water partition coefficient (Wildman–Crippen LogP) is 5.97. The van der Waals surface area contributed by atoms with Gasteiger partial charge < -0.3 is 9.47 Å². The highest BCUT2D eigenvalue weighted by atomic mass is 32.2. The summed E-state index contributed by atoms with van der Waals surface area (Å²) in [5.74, 6) is 1.03. The van der Waals surface area contributed by atoms with E-state index >= 15 is 0 Å². The number of benzene rings is 4. The molecule has 0 heterocycles. The van der Waals surface area contributed by atoms with Crippen molar-refractivity contribution in [3.05, 3.63) is 106 Å². The van der Waals surface area contributed by atoms with Gasteiger partial charge in [0, 0.05) is 17.0 Å². The van der Waals surface area contributed by atoms with E-state index < -0.39 is 4.92 Å². The van der Waals surface area contributed by atoms with Gasteiger partial charge in [-0.05, 0) is 53.1 Å². The van der Waals surface area contributed by atoms with Crippen LogP contribution in [0.2, 0.25) is 0 Å². The summed E-state index contributed by atoms with van der Waals surface area (Å²) >= 11 is 1.46. The number of non-ortho nitro benzene ring substituents is 1. The summed E-state index contributed by atoms with van der Waals surface area (Å²) in [4.78, 5) is 23.9. The maximum absolute atomic E-state index is 12.3. The quantitative estimate of drug-likeness (QED) is 0.114. The van der Waals surface area contributed by atoms with Gasteiger partial charge in [-0.25, -0.2) is 5.43 Å². The fourth-order valence-electron chi connectivity index (χ4n) is 3.59. The number of hydrogen-bond donors (Lipinski definition) is 1. The number of rotatable bonds is 11. The van der Waals surface area contributed by atoms with Crippen molar-refractivity contribution in [3.8, 4) is 11.5 Å². The third-order valence-electron chi connectivity index (χ3n) is 5.29. The molecule has 1 amide bonds. The molecule has 4 rings (SSSR count). The van der Waals surface area contributed by atoms with Crippen LogP contribution < -0.4 is 14.9 Å². The van der Waals surface area contributed by atoms with E-state index in [0.717, 1.165) is 15.7 Å². The van der Waals surface area contributed by atoms with Crippen LogP contribution >= 0.6 is 11.8 Å². The third-order valence-corrected chi connectivity index (χ3v) is 6.37. The average Bonchev–Trinajstić information content (AvgIpc) is 2.91. The summed E-state index contributed by atoms with van der Waals surface area (Å²) in [6, 6.07) is 25.7. The highest BCUT2D eigenvalue weighted by Gasteiger charge is 2.10. The molecule has 4 aromatic carbocycles. The normalized spacial score (nSPS) is 10.9. The fourth-order valence-corrected chi connectivity index (χ4v) is 4.46. The van der Waals surface area contributed by atoms with Gasteiger partial charge in [-0.2, -0.15) is 5.10 Å². The molecular formula is C28H25N3O5S. The molecule has 0 spiro atoms. The number of nitrogens with one attached hydrogen (secondary N) is 1. The van der Waals surface area contributed by atoms with Crippen LogP contribution in [0.15, 0.2) is 94.9 Å². The minimum atomic E-state index is -0.440. The largest absolute Gasteiger partial charge is 0.490 e. The second-order valence-corrected chi connectivity index (χ2v) is 8.93. The Kier molecular flexibility index (Phi) is 8.72. The first-order valence-corrected chi connectivity index (χ1v) is 12.6. The lowest BCUT2D eigenvalue weighted by Gasteiger charge is -2.12. The Bertz CT molecular complexity index is 1440. The number of ether oxygens (including phenoxy) is 2. The maximum atomic E-state index is 12.3. The Morgan fingerprint density at radius 2 is 1.81 bits per heavy atom. The first-order chi connectivity index (χ1) is 18.0. The lowest BCUT2D eigenvalue weighted by atomic mass is 10.1. The van der Waals surface area contributed by atoms with Crippen molar-refractivity contribution in [3.63, 3.8) is 0 Å². The Hall–Kier alpha value is -4.37. The van der Waals surface area contributed by atoms with E-state index in [0.29, 0.717) is 29.2 Å². The molecule has 4 aromatic rings. The zero-order chi connectivity index (χ0) is 26.0. The summed E-state index contributed by atoms with van der Waals surface area (Å²) in [6.07, 6.45) is 1.54. The van der Waals surface area contributed by atoms with E-state index in [1.54, 1.807) is 30.3 Å². The van der Waals surface area contributed by atoms with Gasteiger partial charge in [0.15, 0.2) is 11.5 Å². The van der Waals surface area contributed by atoms with Crippen molar-refractivity contribution < 1.29 is 19.2 Å². The number of nitro benzene ring substituents is 1. The molecule has 0 aromatic heterocycles. The minimum absolute atomic E-state index is 0.00950. The molecule has 0 aliphatic carbocycles. The van der Waals surface area contributed by atoms with Crippen LogP contribution in [-0.4, -0.2) is 29.4 Å². The molecular weight excluding hydrogens is 490 g/mol. The molecule has 0 saturated heterocycles. The molecule has 0 bridgehead atoms. The molecule has 0 aliphatic heterocycles.